The second-order valence-electron chi connectivity index (χ2n) is 6.03. The van der Waals surface area contributed by atoms with Crippen LogP contribution in [0.25, 0.3) is 0 Å². The fourth-order valence-electron chi connectivity index (χ4n) is 2.93. The number of carbonyl (C=O) groups excluding carboxylic acids is 1. The quantitative estimate of drug-likeness (QED) is 0.906. The summed E-state index contributed by atoms with van der Waals surface area (Å²) in [7, 11) is 0. The molecule has 0 radical (unpaired) electrons. The van der Waals surface area contributed by atoms with Crippen molar-refractivity contribution >= 4 is 11.9 Å². The molecule has 2 aromatic rings. The van der Waals surface area contributed by atoms with Gasteiger partial charge in [0, 0.05) is 6.54 Å². The van der Waals surface area contributed by atoms with Crippen LogP contribution >= 0.6 is 0 Å². The monoisotopic (exact) mass is 343 g/mol. The maximum atomic E-state index is 13.0. The van der Waals surface area contributed by atoms with Gasteiger partial charge in [0.2, 0.25) is 5.91 Å². The lowest BCUT2D eigenvalue weighted by Crippen LogP contribution is -2.42. The first kappa shape index (κ1) is 17.0. The van der Waals surface area contributed by atoms with E-state index in [-0.39, 0.29) is 24.9 Å². The number of halogens is 1. The summed E-state index contributed by atoms with van der Waals surface area (Å²) in [5.74, 6) is -1.42. The Hall–Kier alpha value is -2.89. The van der Waals surface area contributed by atoms with E-state index in [1.165, 1.54) is 17.0 Å². The Morgan fingerprint density at radius 3 is 2.60 bits per heavy atom. The van der Waals surface area contributed by atoms with Crippen molar-refractivity contribution in [3.8, 4) is 5.75 Å². The van der Waals surface area contributed by atoms with E-state index in [0.717, 1.165) is 11.3 Å². The third-order valence-corrected chi connectivity index (χ3v) is 4.15. The van der Waals surface area contributed by atoms with E-state index in [2.05, 4.69) is 0 Å². The fourth-order valence-corrected chi connectivity index (χ4v) is 2.93. The smallest absolute Gasteiger partial charge is 0.323 e. The Balaban J connectivity index is 1.75. The SMILES string of the molecule is O=C(O)CN(Cc1ccc(F)cc1)C(=O)C1COc2ccccc2C1. The first-order valence-electron chi connectivity index (χ1n) is 7.98. The molecule has 1 atom stereocenters. The molecule has 1 heterocycles. The van der Waals surface area contributed by atoms with Gasteiger partial charge in [-0.15, -0.1) is 0 Å². The number of benzene rings is 2. The Kier molecular flexibility index (Phi) is 4.97. The normalized spacial score (nSPS) is 15.8. The molecule has 3 rings (SSSR count). The van der Waals surface area contributed by atoms with Gasteiger partial charge in [-0.2, -0.15) is 0 Å². The lowest BCUT2D eigenvalue weighted by Gasteiger charge is -2.29. The molecule has 0 fully saturated rings. The van der Waals surface area contributed by atoms with Crippen LogP contribution in [0.15, 0.2) is 48.5 Å². The van der Waals surface area contributed by atoms with Crippen LogP contribution in [-0.2, 0) is 22.6 Å². The minimum absolute atomic E-state index is 0.115. The van der Waals surface area contributed by atoms with E-state index >= 15 is 0 Å². The molecule has 1 N–H and O–H groups in total. The van der Waals surface area contributed by atoms with E-state index in [9.17, 15) is 14.0 Å². The van der Waals surface area contributed by atoms with Crippen molar-refractivity contribution in [1.82, 2.24) is 4.90 Å². The molecule has 1 amide bonds. The molecule has 0 spiro atoms. The van der Waals surface area contributed by atoms with Crippen molar-refractivity contribution in [3.63, 3.8) is 0 Å². The highest BCUT2D eigenvalue weighted by molar-refractivity contribution is 5.83. The summed E-state index contributed by atoms with van der Waals surface area (Å²) in [6, 6.07) is 13.2. The van der Waals surface area contributed by atoms with Crippen molar-refractivity contribution in [2.45, 2.75) is 13.0 Å². The number of ether oxygens (including phenoxy) is 1. The number of hydrogen-bond donors (Lipinski definition) is 1. The molecular formula is C19H18FNO4. The van der Waals surface area contributed by atoms with E-state index in [1.807, 2.05) is 24.3 Å². The fraction of sp³-hybridized carbons (Fsp3) is 0.263. The van der Waals surface area contributed by atoms with Crippen molar-refractivity contribution in [2.24, 2.45) is 5.92 Å². The topological polar surface area (TPSA) is 66.8 Å². The number of carboxylic acid groups (broad SMARTS) is 1. The van der Waals surface area contributed by atoms with E-state index in [0.29, 0.717) is 12.0 Å². The predicted molar refractivity (Wildman–Crippen MR) is 88.6 cm³/mol. The summed E-state index contributed by atoms with van der Waals surface area (Å²) in [5.41, 5.74) is 1.61. The summed E-state index contributed by atoms with van der Waals surface area (Å²) < 4.78 is 18.7. The molecule has 0 saturated heterocycles. The summed E-state index contributed by atoms with van der Waals surface area (Å²) >= 11 is 0. The number of aliphatic carboxylic acids is 1. The minimum atomic E-state index is -1.09. The zero-order valence-corrected chi connectivity index (χ0v) is 13.5. The molecule has 25 heavy (non-hydrogen) atoms. The van der Waals surface area contributed by atoms with Crippen molar-refractivity contribution in [2.75, 3.05) is 13.2 Å². The lowest BCUT2D eigenvalue weighted by molar-refractivity contribution is -0.147. The predicted octanol–water partition coefficient (Wildman–Crippen LogP) is 2.49. The summed E-state index contributed by atoms with van der Waals surface area (Å²) in [6.07, 6.45) is 0.508. The van der Waals surface area contributed by atoms with Crippen molar-refractivity contribution in [3.05, 3.63) is 65.5 Å². The average molecular weight is 343 g/mol. The highest BCUT2D eigenvalue weighted by Gasteiger charge is 2.30. The number of amides is 1. The van der Waals surface area contributed by atoms with Crippen LogP contribution in [0.1, 0.15) is 11.1 Å². The summed E-state index contributed by atoms with van der Waals surface area (Å²) in [4.78, 5) is 25.3. The molecule has 0 aromatic heterocycles. The number of hydrogen-bond acceptors (Lipinski definition) is 3. The zero-order chi connectivity index (χ0) is 17.8. The van der Waals surface area contributed by atoms with E-state index in [4.69, 9.17) is 9.84 Å². The van der Waals surface area contributed by atoms with Gasteiger partial charge in [0.1, 0.15) is 24.7 Å². The average Bonchev–Trinajstić information content (AvgIpc) is 2.61. The van der Waals surface area contributed by atoms with E-state index in [1.54, 1.807) is 12.1 Å². The molecule has 6 heteroatoms. The molecule has 5 nitrogen and oxygen atoms in total. The first-order chi connectivity index (χ1) is 12.0. The molecule has 1 aliphatic heterocycles. The molecule has 0 bridgehead atoms. The Labute approximate surface area is 144 Å². The maximum absolute atomic E-state index is 13.0. The van der Waals surface area contributed by atoms with Crippen molar-refractivity contribution < 1.29 is 23.8 Å². The largest absolute Gasteiger partial charge is 0.492 e. The van der Waals surface area contributed by atoms with Crippen LogP contribution in [0.2, 0.25) is 0 Å². The molecule has 0 aliphatic carbocycles. The Morgan fingerprint density at radius 1 is 1.16 bits per heavy atom. The Morgan fingerprint density at radius 2 is 1.88 bits per heavy atom. The van der Waals surface area contributed by atoms with Gasteiger partial charge in [0.15, 0.2) is 0 Å². The number of carbonyl (C=O) groups is 2. The van der Waals surface area contributed by atoms with E-state index < -0.39 is 18.4 Å². The molecule has 1 unspecified atom stereocenters. The number of carboxylic acids is 1. The van der Waals surface area contributed by atoms with Gasteiger partial charge < -0.3 is 14.7 Å². The van der Waals surface area contributed by atoms with Crippen molar-refractivity contribution in [1.29, 1.82) is 0 Å². The summed E-state index contributed by atoms with van der Waals surface area (Å²) in [5, 5.41) is 9.13. The first-order valence-corrected chi connectivity index (χ1v) is 7.98. The van der Waals surface area contributed by atoms with Gasteiger partial charge in [-0.25, -0.2) is 4.39 Å². The van der Waals surface area contributed by atoms with Gasteiger partial charge in [-0.1, -0.05) is 30.3 Å². The maximum Gasteiger partial charge on any atom is 0.323 e. The second kappa shape index (κ2) is 7.34. The number of rotatable bonds is 5. The molecule has 1 aliphatic rings. The van der Waals surface area contributed by atoms with Crippen LogP contribution < -0.4 is 4.74 Å². The second-order valence-corrected chi connectivity index (χ2v) is 6.03. The minimum Gasteiger partial charge on any atom is -0.492 e. The van der Waals surface area contributed by atoms with Crippen LogP contribution in [0.4, 0.5) is 4.39 Å². The lowest BCUT2D eigenvalue weighted by atomic mass is 9.95. The number of nitrogens with zero attached hydrogens (tertiary/aromatic N) is 1. The molecule has 2 aromatic carbocycles. The number of fused-ring (bicyclic) bond motifs is 1. The number of para-hydroxylation sites is 1. The van der Waals surface area contributed by atoms with Gasteiger partial charge in [-0.05, 0) is 35.7 Å². The molecule has 130 valence electrons. The zero-order valence-electron chi connectivity index (χ0n) is 13.5. The third kappa shape index (κ3) is 4.15. The van der Waals surface area contributed by atoms with Gasteiger partial charge in [-0.3, -0.25) is 9.59 Å². The van der Waals surface area contributed by atoms with Gasteiger partial charge in [0.05, 0.1) is 5.92 Å². The van der Waals surface area contributed by atoms with Crippen LogP contribution in [-0.4, -0.2) is 35.0 Å². The van der Waals surface area contributed by atoms with Crippen LogP contribution in [0, 0.1) is 11.7 Å². The van der Waals surface area contributed by atoms with Gasteiger partial charge in [0.25, 0.3) is 0 Å². The standard InChI is InChI=1S/C19H18FNO4/c20-16-7-5-13(6-8-16)10-21(11-18(22)23)19(24)15-9-14-3-1-2-4-17(14)25-12-15/h1-8,15H,9-12H2,(H,22,23). The molecular weight excluding hydrogens is 325 g/mol. The summed E-state index contributed by atoms with van der Waals surface area (Å²) in [6.45, 7) is -0.0761. The van der Waals surface area contributed by atoms with Crippen LogP contribution in [0.5, 0.6) is 5.75 Å². The highest BCUT2D eigenvalue weighted by Crippen LogP contribution is 2.28. The Bertz CT molecular complexity index is 775. The van der Waals surface area contributed by atoms with Gasteiger partial charge >= 0.3 is 5.97 Å². The van der Waals surface area contributed by atoms with Crippen LogP contribution in [0.3, 0.4) is 0 Å². The molecule has 0 saturated carbocycles. The highest BCUT2D eigenvalue weighted by atomic mass is 19.1. The third-order valence-electron chi connectivity index (χ3n) is 4.15.